The number of hydrogen-bond acceptors (Lipinski definition) is 3. The summed E-state index contributed by atoms with van der Waals surface area (Å²) in [6.07, 6.45) is 5.48. The Labute approximate surface area is 107 Å². The molecular formula is C14H19N3O. The first-order valence-corrected chi connectivity index (χ1v) is 6.11. The van der Waals surface area contributed by atoms with Gasteiger partial charge in [0.25, 0.3) is 0 Å². The maximum Gasteiger partial charge on any atom is 0.122 e. The van der Waals surface area contributed by atoms with Crippen molar-refractivity contribution in [2.75, 3.05) is 6.61 Å². The molecule has 96 valence electrons. The normalized spacial score (nSPS) is 12.4. The SMILES string of the molecule is Cc1cc([C@H](C)N)ccc1OCCn1ccnc1. The van der Waals surface area contributed by atoms with E-state index in [0.717, 1.165) is 23.4 Å². The molecule has 1 atom stereocenters. The second-order valence-corrected chi connectivity index (χ2v) is 4.46. The summed E-state index contributed by atoms with van der Waals surface area (Å²) in [7, 11) is 0. The molecule has 2 N–H and O–H groups in total. The quantitative estimate of drug-likeness (QED) is 0.879. The molecule has 18 heavy (non-hydrogen) atoms. The van der Waals surface area contributed by atoms with Crippen LogP contribution < -0.4 is 10.5 Å². The second kappa shape index (κ2) is 5.69. The predicted molar refractivity (Wildman–Crippen MR) is 71.5 cm³/mol. The molecule has 4 nitrogen and oxygen atoms in total. The molecule has 0 saturated heterocycles. The van der Waals surface area contributed by atoms with Crippen molar-refractivity contribution in [3.63, 3.8) is 0 Å². The third kappa shape index (κ3) is 3.11. The van der Waals surface area contributed by atoms with E-state index in [-0.39, 0.29) is 6.04 Å². The lowest BCUT2D eigenvalue weighted by atomic mass is 10.1. The molecule has 1 heterocycles. The lowest BCUT2D eigenvalue weighted by Crippen LogP contribution is -2.08. The fourth-order valence-electron chi connectivity index (χ4n) is 1.80. The molecule has 0 amide bonds. The van der Waals surface area contributed by atoms with Gasteiger partial charge in [-0.1, -0.05) is 12.1 Å². The van der Waals surface area contributed by atoms with Gasteiger partial charge in [0, 0.05) is 18.4 Å². The smallest absolute Gasteiger partial charge is 0.122 e. The van der Waals surface area contributed by atoms with Gasteiger partial charge in [-0.2, -0.15) is 0 Å². The van der Waals surface area contributed by atoms with E-state index in [0.29, 0.717) is 6.61 Å². The fraction of sp³-hybridized carbons (Fsp3) is 0.357. The Morgan fingerprint density at radius 1 is 1.44 bits per heavy atom. The Hall–Kier alpha value is -1.81. The van der Waals surface area contributed by atoms with Gasteiger partial charge in [-0.3, -0.25) is 0 Å². The molecule has 0 aliphatic rings. The molecule has 0 saturated carbocycles. The molecule has 0 aliphatic heterocycles. The summed E-state index contributed by atoms with van der Waals surface area (Å²) in [4.78, 5) is 3.99. The standard InChI is InChI=1S/C14H19N3O/c1-11-9-13(12(2)15)3-4-14(11)18-8-7-17-6-5-16-10-17/h3-6,9-10,12H,7-8,15H2,1-2H3/t12-/m0/s1. The van der Waals surface area contributed by atoms with E-state index in [2.05, 4.69) is 11.1 Å². The van der Waals surface area contributed by atoms with Gasteiger partial charge in [0.05, 0.1) is 12.9 Å². The average molecular weight is 245 g/mol. The Morgan fingerprint density at radius 3 is 2.89 bits per heavy atom. The first kappa shape index (κ1) is 12.6. The minimum Gasteiger partial charge on any atom is -0.491 e. The number of hydrogen-bond donors (Lipinski definition) is 1. The highest BCUT2D eigenvalue weighted by molar-refractivity contribution is 5.37. The topological polar surface area (TPSA) is 53.1 Å². The first-order chi connectivity index (χ1) is 8.66. The van der Waals surface area contributed by atoms with Crippen LogP contribution in [-0.4, -0.2) is 16.2 Å². The van der Waals surface area contributed by atoms with Crippen molar-refractivity contribution in [2.24, 2.45) is 5.73 Å². The van der Waals surface area contributed by atoms with Crippen LogP contribution in [-0.2, 0) is 6.54 Å². The largest absolute Gasteiger partial charge is 0.491 e. The maximum atomic E-state index is 5.85. The van der Waals surface area contributed by atoms with Gasteiger partial charge in [0.15, 0.2) is 0 Å². The highest BCUT2D eigenvalue weighted by Crippen LogP contribution is 2.21. The highest BCUT2D eigenvalue weighted by Gasteiger charge is 2.04. The van der Waals surface area contributed by atoms with Crippen LogP contribution in [0.25, 0.3) is 0 Å². The lowest BCUT2D eigenvalue weighted by molar-refractivity contribution is 0.296. The molecule has 0 aliphatic carbocycles. The predicted octanol–water partition coefficient (Wildman–Crippen LogP) is 2.29. The lowest BCUT2D eigenvalue weighted by Gasteiger charge is -2.12. The summed E-state index contributed by atoms with van der Waals surface area (Å²) >= 11 is 0. The van der Waals surface area contributed by atoms with Crippen molar-refractivity contribution in [3.8, 4) is 5.75 Å². The zero-order chi connectivity index (χ0) is 13.0. The molecule has 0 radical (unpaired) electrons. The monoisotopic (exact) mass is 245 g/mol. The molecule has 2 rings (SSSR count). The van der Waals surface area contributed by atoms with Crippen LogP contribution in [0.1, 0.15) is 24.1 Å². The average Bonchev–Trinajstić information content (AvgIpc) is 2.84. The summed E-state index contributed by atoms with van der Waals surface area (Å²) < 4.78 is 7.75. The van der Waals surface area contributed by atoms with E-state index in [4.69, 9.17) is 10.5 Å². The van der Waals surface area contributed by atoms with E-state index in [1.807, 2.05) is 36.7 Å². The third-order valence-electron chi connectivity index (χ3n) is 2.89. The molecule has 2 aromatic rings. The summed E-state index contributed by atoms with van der Waals surface area (Å²) in [5, 5.41) is 0. The van der Waals surface area contributed by atoms with Crippen LogP contribution in [0.2, 0.25) is 0 Å². The van der Waals surface area contributed by atoms with Crippen molar-refractivity contribution >= 4 is 0 Å². The van der Waals surface area contributed by atoms with Crippen LogP contribution in [0.15, 0.2) is 36.9 Å². The molecule has 0 bridgehead atoms. The van der Waals surface area contributed by atoms with E-state index in [1.165, 1.54) is 0 Å². The number of imidazole rings is 1. The van der Waals surface area contributed by atoms with Gasteiger partial charge in [0.1, 0.15) is 12.4 Å². The van der Waals surface area contributed by atoms with Crippen molar-refractivity contribution < 1.29 is 4.74 Å². The molecule has 0 fully saturated rings. The fourth-order valence-corrected chi connectivity index (χ4v) is 1.80. The summed E-state index contributed by atoms with van der Waals surface area (Å²) in [6.45, 7) is 5.45. The summed E-state index contributed by atoms with van der Waals surface area (Å²) in [6, 6.07) is 6.15. The summed E-state index contributed by atoms with van der Waals surface area (Å²) in [5.74, 6) is 0.916. The van der Waals surface area contributed by atoms with Gasteiger partial charge < -0.3 is 15.0 Å². The number of nitrogens with two attached hydrogens (primary N) is 1. The number of aromatic nitrogens is 2. The number of nitrogens with zero attached hydrogens (tertiary/aromatic N) is 2. The number of ether oxygens (including phenoxy) is 1. The Morgan fingerprint density at radius 2 is 2.28 bits per heavy atom. The molecule has 0 spiro atoms. The molecule has 4 heteroatoms. The van der Waals surface area contributed by atoms with Crippen LogP contribution in [0, 0.1) is 6.92 Å². The second-order valence-electron chi connectivity index (χ2n) is 4.46. The van der Waals surface area contributed by atoms with E-state index in [9.17, 15) is 0 Å². The zero-order valence-electron chi connectivity index (χ0n) is 10.8. The maximum absolute atomic E-state index is 5.85. The van der Waals surface area contributed by atoms with Gasteiger partial charge >= 0.3 is 0 Å². The highest BCUT2D eigenvalue weighted by atomic mass is 16.5. The Balaban J connectivity index is 1.93. The van der Waals surface area contributed by atoms with Crippen molar-refractivity contribution in [1.29, 1.82) is 0 Å². The molecular weight excluding hydrogens is 226 g/mol. The van der Waals surface area contributed by atoms with Crippen LogP contribution in [0.4, 0.5) is 0 Å². The van der Waals surface area contributed by atoms with Crippen molar-refractivity contribution in [2.45, 2.75) is 26.4 Å². The van der Waals surface area contributed by atoms with Gasteiger partial charge in [-0.05, 0) is 31.0 Å². The summed E-state index contributed by atoms with van der Waals surface area (Å²) in [5.41, 5.74) is 8.10. The van der Waals surface area contributed by atoms with Gasteiger partial charge in [0.2, 0.25) is 0 Å². The minimum absolute atomic E-state index is 0.0590. The van der Waals surface area contributed by atoms with Crippen LogP contribution >= 0.6 is 0 Å². The van der Waals surface area contributed by atoms with Crippen molar-refractivity contribution in [3.05, 3.63) is 48.0 Å². The molecule has 0 unspecified atom stereocenters. The Bertz CT molecular complexity index is 492. The van der Waals surface area contributed by atoms with E-state index >= 15 is 0 Å². The van der Waals surface area contributed by atoms with E-state index in [1.54, 1.807) is 12.5 Å². The van der Waals surface area contributed by atoms with Crippen LogP contribution in [0.5, 0.6) is 5.75 Å². The van der Waals surface area contributed by atoms with E-state index < -0.39 is 0 Å². The first-order valence-electron chi connectivity index (χ1n) is 6.11. The van der Waals surface area contributed by atoms with Crippen molar-refractivity contribution in [1.82, 2.24) is 9.55 Å². The van der Waals surface area contributed by atoms with Gasteiger partial charge in [-0.15, -0.1) is 0 Å². The number of rotatable bonds is 5. The van der Waals surface area contributed by atoms with Gasteiger partial charge in [-0.25, -0.2) is 4.98 Å². The number of aryl methyl sites for hydroxylation is 1. The number of benzene rings is 1. The minimum atomic E-state index is 0.0590. The van der Waals surface area contributed by atoms with Crippen LogP contribution in [0.3, 0.4) is 0 Å². The third-order valence-corrected chi connectivity index (χ3v) is 2.89. The molecule has 1 aromatic heterocycles. The zero-order valence-corrected chi connectivity index (χ0v) is 10.8. The Kier molecular flexibility index (Phi) is 3.99. The molecule has 1 aromatic carbocycles.